The second kappa shape index (κ2) is 8.75. The monoisotopic (exact) mass is 369 g/mol. The number of carbonyl (C=O) groups is 1. The van der Waals surface area contributed by atoms with E-state index in [1.165, 1.54) is 6.07 Å². The van der Waals surface area contributed by atoms with Gasteiger partial charge in [-0.1, -0.05) is 6.07 Å². The van der Waals surface area contributed by atoms with E-state index in [2.05, 4.69) is 5.32 Å². The normalized spacial score (nSPS) is 16.8. The molecule has 1 aliphatic heterocycles. The van der Waals surface area contributed by atoms with Crippen molar-refractivity contribution in [3.05, 3.63) is 58.5 Å². The van der Waals surface area contributed by atoms with Gasteiger partial charge in [0.25, 0.3) is 5.56 Å². The molecule has 6 nitrogen and oxygen atoms in total. The molecule has 6 heteroatoms. The smallest absolute Gasteiger partial charge is 0.250 e. The third-order valence-corrected chi connectivity index (χ3v) is 5.05. The number of benzene rings is 1. The molecular weight excluding hydrogens is 342 g/mol. The molecule has 1 saturated heterocycles. The maximum Gasteiger partial charge on any atom is 0.250 e. The number of hydrogen-bond acceptors (Lipinski definition) is 4. The Hall–Kier alpha value is -2.76. The van der Waals surface area contributed by atoms with Crippen molar-refractivity contribution in [1.29, 1.82) is 0 Å². The van der Waals surface area contributed by atoms with E-state index in [9.17, 15) is 9.59 Å². The van der Waals surface area contributed by atoms with E-state index in [4.69, 9.17) is 4.74 Å². The standard InChI is InChI=1S/C21H27N3O3/c1-16-5-3-7-21(26)24(16)14-12-20(25)23-13-4-6-18(15-23)22-17-8-10-19(27-2)11-9-17/h3,5,7-11,18,22H,4,6,12-15H2,1-2H3. The van der Waals surface area contributed by atoms with Gasteiger partial charge in [-0.25, -0.2) is 0 Å². The van der Waals surface area contributed by atoms with Gasteiger partial charge < -0.3 is 19.5 Å². The van der Waals surface area contributed by atoms with Gasteiger partial charge in [0.05, 0.1) is 7.11 Å². The van der Waals surface area contributed by atoms with E-state index >= 15 is 0 Å². The number of hydrogen-bond donors (Lipinski definition) is 1. The molecule has 0 aliphatic carbocycles. The number of rotatable bonds is 6. The van der Waals surface area contributed by atoms with E-state index in [1.54, 1.807) is 17.7 Å². The molecule has 3 rings (SSSR count). The van der Waals surface area contributed by atoms with Crippen molar-refractivity contribution < 1.29 is 9.53 Å². The first-order valence-electron chi connectivity index (χ1n) is 9.41. The van der Waals surface area contributed by atoms with Crippen molar-refractivity contribution in [3.63, 3.8) is 0 Å². The first-order chi connectivity index (χ1) is 13.1. The average molecular weight is 369 g/mol. The van der Waals surface area contributed by atoms with Crippen LogP contribution in [0.3, 0.4) is 0 Å². The third-order valence-electron chi connectivity index (χ3n) is 5.05. The summed E-state index contributed by atoms with van der Waals surface area (Å²) >= 11 is 0. The minimum Gasteiger partial charge on any atom is -0.497 e. The van der Waals surface area contributed by atoms with Gasteiger partial charge in [0.15, 0.2) is 0 Å². The number of ether oxygens (including phenoxy) is 1. The molecule has 0 spiro atoms. The van der Waals surface area contributed by atoms with Crippen LogP contribution in [0.1, 0.15) is 25.0 Å². The van der Waals surface area contributed by atoms with Gasteiger partial charge in [-0.15, -0.1) is 0 Å². The number of carbonyl (C=O) groups excluding carboxylic acids is 1. The highest BCUT2D eigenvalue weighted by atomic mass is 16.5. The van der Waals surface area contributed by atoms with E-state index in [0.29, 0.717) is 19.5 Å². The molecule has 1 atom stereocenters. The minimum atomic E-state index is -0.0551. The van der Waals surface area contributed by atoms with Gasteiger partial charge in [0, 0.05) is 49.5 Å². The Morgan fingerprint density at radius 1 is 1.22 bits per heavy atom. The largest absolute Gasteiger partial charge is 0.497 e. The zero-order valence-electron chi connectivity index (χ0n) is 16.0. The number of pyridine rings is 1. The second-order valence-electron chi connectivity index (χ2n) is 6.96. The molecule has 144 valence electrons. The Labute approximate surface area is 159 Å². The summed E-state index contributed by atoms with van der Waals surface area (Å²) in [6.07, 6.45) is 2.36. The number of aromatic nitrogens is 1. The molecule has 2 heterocycles. The van der Waals surface area contributed by atoms with Gasteiger partial charge in [0.2, 0.25) is 5.91 Å². The quantitative estimate of drug-likeness (QED) is 0.850. The van der Waals surface area contributed by atoms with Crippen molar-refractivity contribution in [1.82, 2.24) is 9.47 Å². The van der Waals surface area contributed by atoms with Crippen LogP contribution in [-0.2, 0) is 11.3 Å². The Bertz CT molecular complexity index is 829. The van der Waals surface area contributed by atoms with Gasteiger partial charge in [-0.05, 0) is 50.1 Å². The third kappa shape index (κ3) is 4.90. The molecule has 0 radical (unpaired) electrons. The SMILES string of the molecule is COc1ccc(NC2CCCN(C(=O)CCn3c(C)cccc3=O)C2)cc1. The molecule has 1 amide bonds. The molecule has 27 heavy (non-hydrogen) atoms. The summed E-state index contributed by atoms with van der Waals surface area (Å²) in [5.41, 5.74) is 1.86. The Kier molecular flexibility index (Phi) is 6.16. The first kappa shape index (κ1) is 19.0. The number of amides is 1. The predicted octanol–water partition coefficient (Wildman–Crippen LogP) is 2.66. The number of aryl methyl sites for hydroxylation is 1. The Morgan fingerprint density at radius 3 is 2.70 bits per heavy atom. The molecule has 1 fully saturated rings. The van der Waals surface area contributed by atoms with Crippen LogP contribution in [0.2, 0.25) is 0 Å². The van der Waals surface area contributed by atoms with Gasteiger partial charge in [-0.2, -0.15) is 0 Å². The van der Waals surface area contributed by atoms with Crippen LogP contribution in [0.15, 0.2) is 47.3 Å². The summed E-state index contributed by atoms with van der Waals surface area (Å²) in [5.74, 6) is 0.929. The highest BCUT2D eigenvalue weighted by molar-refractivity contribution is 5.76. The van der Waals surface area contributed by atoms with Gasteiger partial charge in [-0.3, -0.25) is 9.59 Å². The van der Waals surface area contributed by atoms with Crippen molar-refractivity contribution >= 4 is 11.6 Å². The van der Waals surface area contributed by atoms with Crippen molar-refractivity contribution in [2.24, 2.45) is 0 Å². The van der Waals surface area contributed by atoms with Crippen LogP contribution in [0.5, 0.6) is 5.75 Å². The van der Waals surface area contributed by atoms with E-state index in [-0.39, 0.29) is 17.5 Å². The van der Waals surface area contributed by atoms with Gasteiger partial charge in [0.1, 0.15) is 5.75 Å². The summed E-state index contributed by atoms with van der Waals surface area (Å²) in [6.45, 7) is 3.79. The first-order valence-corrected chi connectivity index (χ1v) is 9.41. The Balaban J connectivity index is 1.55. The van der Waals surface area contributed by atoms with Crippen LogP contribution in [0.4, 0.5) is 5.69 Å². The zero-order chi connectivity index (χ0) is 19.2. The topological polar surface area (TPSA) is 63.6 Å². The predicted molar refractivity (Wildman–Crippen MR) is 106 cm³/mol. The molecule has 2 aromatic rings. The van der Waals surface area contributed by atoms with E-state index < -0.39 is 0 Å². The van der Waals surface area contributed by atoms with Crippen molar-refractivity contribution in [3.8, 4) is 5.75 Å². The lowest BCUT2D eigenvalue weighted by molar-refractivity contribution is -0.132. The summed E-state index contributed by atoms with van der Waals surface area (Å²) in [6, 6.07) is 13.2. The number of nitrogens with one attached hydrogen (secondary N) is 1. The fourth-order valence-corrected chi connectivity index (χ4v) is 3.52. The summed E-state index contributed by atoms with van der Waals surface area (Å²) < 4.78 is 6.84. The lowest BCUT2D eigenvalue weighted by Gasteiger charge is -2.34. The number of nitrogens with zero attached hydrogens (tertiary/aromatic N) is 2. The number of methoxy groups -OCH3 is 1. The second-order valence-corrected chi connectivity index (χ2v) is 6.96. The fourth-order valence-electron chi connectivity index (χ4n) is 3.52. The molecule has 1 unspecified atom stereocenters. The number of likely N-dealkylation sites (tertiary alicyclic amines) is 1. The lowest BCUT2D eigenvalue weighted by Crippen LogP contribution is -2.45. The highest BCUT2D eigenvalue weighted by Crippen LogP contribution is 2.19. The van der Waals surface area contributed by atoms with Crippen LogP contribution in [0.25, 0.3) is 0 Å². The molecule has 0 bridgehead atoms. The van der Waals surface area contributed by atoms with Crippen LogP contribution in [-0.4, -0.2) is 41.6 Å². The van der Waals surface area contributed by atoms with Gasteiger partial charge >= 0.3 is 0 Å². The molecule has 1 aromatic carbocycles. The Morgan fingerprint density at radius 2 is 2.00 bits per heavy atom. The molecule has 1 aliphatic rings. The highest BCUT2D eigenvalue weighted by Gasteiger charge is 2.23. The molecule has 0 saturated carbocycles. The maximum atomic E-state index is 12.6. The van der Waals surface area contributed by atoms with Crippen molar-refractivity contribution in [2.75, 3.05) is 25.5 Å². The minimum absolute atomic E-state index is 0.0551. The maximum absolute atomic E-state index is 12.6. The summed E-state index contributed by atoms with van der Waals surface area (Å²) in [7, 11) is 1.65. The molecule has 1 aromatic heterocycles. The van der Waals surface area contributed by atoms with Crippen LogP contribution < -0.4 is 15.6 Å². The van der Waals surface area contributed by atoms with Crippen LogP contribution in [0, 0.1) is 6.92 Å². The van der Waals surface area contributed by atoms with E-state index in [1.807, 2.05) is 42.2 Å². The summed E-state index contributed by atoms with van der Waals surface area (Å²) in [5, 5.41) is 3.50. The van der Waals surface area contributed by atoms with Crippen molar-refractivity contribution in [2.45, 2.75) is 38.8 Å². The lowest BCUT2D eigenvalue weighted by atomic mass is 10.0. The average Bonchev–Trinajstić information content (AvgIpc) is 2.68. The van der Waals surface area contributed by atoms with Crippen LogP contribution >= 0.6 is 0 Å². The zero-order valence-corrected chi connectivity index (χ0v) is 16.0. The number of anilines is 1. The fraction of sp³-hybridized carbons (Fsp3) is 0.429. The summed E-state index contributed by atoms with van der Waals surface area (Å²) in [4.78, 5) is 26.5. The number of piperidine rings is 1. The van der Waals surface area contributed by atoms with E-state index in [0.717, 1.165) is 36.5 Å². The molecule has 1 N–H and O–H groups in total. The molecular formula is C21H27N3O3.